The summed E-state index contributed by atoms with van der Waals surface area (Å²) in [5.74, 6) is 0.287. The fourth-order valence-corrected chi connectivity index (χ4v) is 2.64. The van der Waals surface area contributed by atoms with E-state index in [1.165, 1.54) is 22.3 Å². The van der Waals surface area contributed by atoms with Crippen LogP contribution in [0.15, 0.2) is 48.5 Å². The highest BCUT2D eigenvalue weighted by molar-refractivity contribution is 5.45. The summed E-state index contributed by atoms with van der Waals surface area (Å²) in [5, 5.41) is 0. The van der Waals surface area contributed by atoms with Crippen molar-refractivity contribution in [3.8, 4) is 0 Å². The lowest BCUT2D eigenvalue weighted by molar-refractivity contribution is 0.965. The Balaban J connectivity index is 2.18. The van der Waals surface area contributed by atoms with E-state index in [0.29, 0.717) is 0 Å². The first-order chi connectivity index (χ1) is 7.86. The zero-order valence-electron chi connectivity index (χ0n) is 9.32. The van der Waals surface area contributed by atoms with Crippen molar-refractivity contribution in [2.75, 3.05) is 0 Å². The highest BCUT2D eigenvalue weighted by Crippen LogP contribution is 2.33. The molecule has 0 spiro atoms. The molecule has 0 heteroatoms. The second kappa shape index (κ2) is 3.79. The lowest BCUT2D eigenvalue weighted by atomic mass is 9.90. The van der Waals surface area contributed by atoms with Crippen molar-refractivity contribution in [1.29, 1.82) is 0 Å². The number of fused-ring (bicyclic) bond motifs is 2. The monoisotopic (exact) mass is 207 g/mol. The molecular weight excluding hydrogens is 192 g/mol. The van der Waals surface area contributed by atoms with Crippen LogP contribution >= 0.6 is 0 Å². The summed E-state index contributed by atoms with van der Waals surface area (Å²) in [6.45, 7) is 4.34. The van der Waals surface area contributed by atoms with Crippen LogP contribution in [-0.4, -0.2) is 0 Å². The Morgan fingerprint density at radius 1 is 0.750 bits per heavy atom. The summed E-state index contributed by atoms with van der Waals surface area (Å²) in [6, 6.07) is 17.4. The van der Waals surface area contributed by atoms with Gasteiger partial charge in [-0.2, -0.15) is 0 Å². The Labute approximate surface area is 96.9 Å². The van der Waals surface area contributed by atoms with Crippen LogP contribution in [0.4, 0.5) is 0 Å². The minimum absolute atomic E-state index is 0.287. The van der Waals surface area contributed by atoms with Crippen molar-refractivity contribution in [2.45, 2.75) is 18.8 Å². The third kappa shape index (κ3) is 1.46. The molecule has 0 aliphatic heterocycles. The number of hydrogen-bond acceptors (Lipinski definition) is 0. The summed E-state index contributed by atoms with van der Waals surface area (Å²) < 4.78 is 0. The largest absolute Gasteiger partial charge is 0.0620 e. The molecule has 79 valence electrons. The maximum absolute atomic E-state index is 4.34. The molecule has 2 aromatic carbocycles. The molecular formula is C16H15. The molecule has 0 amide bonds. The fourth-order valence-electron chi connectivity index (χ4n) is 2.64. The summed E-state index contributed by atoms with van der Waals surface area (Å²) in [5.41, 5.74) is 5.71. The first kappa shape index (κ1) is 9.65. The third-order valence-electron chi connectivity index (χ3n) is 3.52. The predicted molar refractivity (Wildman–Crippen MR) is 67.5 cm³/mol. The molecule has 0 unspecified atom stereocenters. The highest BCUT2D eigenvalue weighted by atomic mass is 14.2. The Hall–Kier alpha value is -1.56. The van der Waals surface area contributed by atoms with Crippen LogP contribution in [0.1, 0.15) is 28.2 Å². The van der Waals surface area contributed by atoms with Gasteiger partial charge in [-0.05, 0) is 42.0 Å². The van der Waals surface area contributed by atoms with Gasteiger partial charge in [-0.25, -0.2) is 0 Å². The molecule has 1 aliphatic carbocycles. The zero-order valence-corrected chi connectivity index (χ0v) is 9.32. The van der Waals surface area contributed by atoms with Crippen molar-refractivity contribution in [3.63, 3.8) is 0 Å². The Morgan fingerprint density at radius 3 is 1.69 bits per heavy atom. The van der Waals surface area contributed by atoms with E-state index in [-0.39, 0.29) is 5.92 Å². The van der Waals surface area contributed by atoms with Crippen molar-refractivity contribution in [1.82, 2.24) is 0 Å². The maximum Gasteiger partial charge on any atom is 0.00951 e. The summed E-state index contributed by atoms with van der Waals surface area (Å²) in [7, 11) is 0. The molecule has 0 N–H and O–H groups in total. The van der Waals surface area contributed by atoms with Crippen LogP contribution in [0.5, 0.6) is 0 Å². The number of rotatable bonds is 0. The zero-order chi connectivity index (χ0) is 11.0. The fraction of sp³-hybridized carbons (Fsp3) is 0.188. The SMILES string of the molecule is [CH2]C1c2ccccc2CCc2ccccc21. The molecule has 0 saturated heterocycles. The summed E-state index contributed by atoms with van der Waals surface area (Å²) in [4.78, 5) is 0. The van der Waals surface area contributed by atoms with Crippen molar-refractivity contribution < 1.29 is 0 Å². The van der Waals surface area contributed by atoms with E-state index in [1.54, 1.807) is 0 Å². The Kier molecular flexibility index (Phi) is 2.28. The van der Waals surface area contributed by atoms with Gasteiger partial charge in [0.05, 0.1) is 0 Å². The minimum Gasteiger partial charge on any atom is -0.0620 e. The van der Waals surface area contributed by atoms with Gasteiger partial charge in [0.1, 0.15) is 0 Å². The summed E-state index contributed by atoms with van der Waals surface area (Å²) >= 11 is 0. The van der Waals surface area contributed by atoms with Crippen molar-refractivity contribution in [2.24, 2.45) is 0 Å². The second-order valence-corrected chi connectivity index (χ2v) is 4.45. The maximum atomic E-state index is 4.34. The quantitative estimate of drug-likeness (QED) is 0.617. The minimum atomic E-state index is 0.287. The first-order valence-electron chi connectivity index (χ1n) is 5.85. The molecule has 0 saturated carbocycles. The molecule has 0 nitrogen and oxygen atoms in total. The predicted octanol–water partition coefficient (Wildman–Crippen LogP) is 3.75. The van der Waals surface area contributed by atoms with Gasteiger partial charge in [-0.1, -0.05) is 48.5 Å². The van der Waals surface area contributed by atoms with Crippen molar-refractivity contribution in [3.05, 3.63) is 77.7 Å². The normalized spacial score (nSPS) is 15.1. The molecule has 0 bridgehead atoms. The number of benzene rings is 2. The number of hydrogen-bond donors (Lipinski definition) is 0. The van der Waals surface area contributed by atoms with Crippen LogP contribution in [0.3, 0.4) is 0 Å². The van der Waals surface area contributed by atoms with E-state index in [9.17, 15) is 0 Å². The average molecular weight is 207 g/mol. The Bertz CT molecular complexity index is 463. The first-order valence-corrected chi connectivity index (χ1v) is 5.85. The van der Waals surface area contributed by atoms with Gasteiger partial charge in [0, 0.05) is 5.92 Å². The number of aryl methyl sites for hydroxylation is 2. The molecule has 16 heavy (non-hydrogen) atoms. The van der Waals surface area contributed by atoms with Crippen LogP contribution in [-0.2, 0) is 12.8 Å². The van der Waals surface area contributed by atoms with Gasteiger partial charge >= 0.3 is 0 Å². The van der Waals surface area contributed by atoms with Gasteiger partial charge in [0.2, 0.25) is 0 Å². The molecule has 0 heterocycles. The van der Waals surface area contributed by atoms with Crippen LogP contribution in [0.2, 0.25) is 0 Å². The molecule has 0 fully saturated rings. The highest BCUT2D eigenvalue weighted by Gasteiger charge is 2.18. The van der Waals surface area contributed by atoms with E-state index in [2.05, 4.69) is 55.5 Å². The van der Waals surface area contributed by atoms with Crippen LogP contribution in [0, 0.1) is 6.92 Å². The van der Waals surface area contributed by atoms with E-state index in [4.69, 9.17) is 0 Å². The van der Waals surface area contributed by atoms with Crippen molar-refractivity contribution >= 4 is 0 Å². The van der Waals surface area contributed by atoms with Gasteiger partial charge in [-0.15, -0.1) is 0 Å². The van der Waals surface area contributed by atoms with E-state index in [0.717, 1.165) is 12.8 Å². The van der Waals surface area contributed by atoms with Gasteiger partial charge < -0.3 is 0 Å². The van der Waals surface area contributed by atoms with E-state index < -0.39 is 0 Å². The average Bonchev–Trinajstić information content (AvgIpc) is 2.49. The van der Waals surface area contributed by atoms with E-state index in [1.807, 2.05) is 0 Å². The standard InChI is InChI=1S/C16H15/c1-12-15-8-4-2-6-13(15)10-11-14-7-3-5-9-16(12)14/h2-9,12H,1,10-11H2. The van der Waals surface area contributed by atoms with Gasteiger partial charge in [0.25, 0.3) is 0 Å². The van der Waals surface area contributed by atoms with Gasteiger partial charge in [0.15, 0.2) is 0 Å². The molecule has 2 aromatic rings. The summed E-state index contributed by atoms with van der Waals surface area (Å²) in [6.07, 6.45) is 2.28. The topological polar surface area (TPSA) is 0 Å². The smallest absolute Gasteiger partial charge is 0.00951 e. The lowest BCUT2D eigenvalue weighted by Crippen LogP contribution is -1.98. The van der Waals surface area contributed by atoms with Crippen LogP contribution < -0.4 is 0 Å². The van der Waals surface area contributed by atoms with Gasteiger partial charge in [-0.3, -0.25) is 0 Å². The molecule has 3 rings (SSSR count). The Morgan fingerprint density at radius 2 is 1.19 bits per heavy atom. The van der Waals surface area contributed by atoms with Crippen LogP contribution in [0.25, 0.3) is 0 Å². The molecule has 1 aliphatic rings. The molecule has 0 aromatic heterocycles. The third-order valence-corrected chi connectivity index (χ3v) is 3.52. The molecule has 0 atom stereocenters. The van der Waals surface area contributed by atoms with E-state index >= 15 is 0 Å². The molecule has 1 radical (unpaired) electrons. The second-order valence-electron chi connectivity index (χ2n) is 4.45. The lowest BCUT2D eigenvalue weighted by Gasteiger charge is -2.14.